The van der Waals surface area contributed by atoms with Crippen molar-refractivity contribution in [1.82, 2.24) is 10.2 Å². The normalized spacial score (nSPS) is 25.7. The maximum Gasteiger partial charge on any atom is 0.253 e. The fourth-order valence-electron chi connectivity index (χ4n) is 13.7. The van der Waals surface area contributed by atoms with Crippen LogP contribution in [0, 0.1) is 22.7 Å². The molecular weight excluding hydrogens is 1360 g/mol. The predicted molar refractivity (Wildman–Crippen MR) is 373 cm³/mol. The van der Waals surface area contributed by atoms with Gasteiger partial charge in [0.2, 0.25) is 11.8 Å². The SMILES string of the molecule is CC(C)(C)[Si](C)(C)OCC(=O)[C@@]12OC(c3ccc(Oc4ccc(NC(=O)CCOCCOCCOCCOCCOCCOCCOCCOCCOCCOCCOCCOCCNC(=O)CCN5C(=O)C=CC5=O)cc4)cc3)O[C@@H]1C[C@H]1[C@@H]3C[C@H](F)C4=CC(=O)C=C[C@]4(C)[C@@]3(F)[C@@H](O)C[C@@]12C. The number of alkyl halides is 2. The Hall–Kier alpha value is -5.68. The second kappa shape index (κ2) is 40.3. The molecule has 0 bridgehead atoms. The van der Waals surface area contributed by atoms with E-state index >= 15 is 13.6 Å². The number of imide groups is 1. The molecule has 2 aromatic rings. The highest BCUT2D eigenvalue weighted by Gasteiger charge is 2.80. The number of carbonyl (C=O) groups excluding carboxylic acids is 6. The second-order valence-electron chi connectivity index (χ2n) is 28.0. The van der Waals surface area contributed by atoms with Crippen LogP contribution in [0.4, 0.5) is 14.5 Å². The number of nitrogens with one attached hydrogen (secondary N) is 2. The summed E-state index contributed by atoms with van der Waals surface area (Å²) in [6.45, 7) is 23.5. The van der Waals surface area contributed by atoms with Crippen LogP contribution in [0.2, 0.25) is 18.1 Å². The number of benzene rings is 2. The molecule has 2 aromatic carbocycles. The van der Waals surface area contributed by atoms with Crippen molar-refractivity contribution in [2.75, 3.05) is 184 Å². The fraction of sp³-hybridized carbons (Fsp3) is 0.676. The van der Waals surface area contributed by atoms with E-state index in [1.54, 1.807) is 55.5 Å². The number of allylic oxidation sites excluding steroid dienone is 4. The van der Waals surface area contributed by atoms with Crippen LogP contribution in [0.25, 0.3) is 0 Å². The highest BCUT2D eigenvalue weighted by molar-refractivity contribution is 6.74. The molecule has 1 unspecified atom stereocenters. The molecule has 103 heavy (non-hydrogen) atoms. The Bertz CT molecular complexity index is 3120. The molecule has 4 amide bonds. The number of aliphatic hydroxyl groups excluding tert-OH is 1. The van der Waals surface area contributed by atoms with Crippen LogP contribution in [0.1, 0.15) is 78.6 Å². The molecule has 574 valence electrons. The molecule has 6 aliphatic rings. The third kappa shape index (κ3) is 22.5. The molecule has 1 saturated heterocycles. The van der Waals surface area contributed by atoms with Gasteiger partial charge in [0.05, 0.1) is 184 Å². The fourth-order valence-corrected chi connectivity index (χ4v) is 14.7. The van der Waals surface area contributed by atoms with Gasteiger partial charge in [0.15, 0.2) is 37.4 Å². The predicted octanol–water partition coefficient (Wildman–Crippen LogP) is 7.11. The van der Waals surface area contributed by atoms with Crippen molar-refractivity contribution in [3.8, 4) is 11.5 Å². The van der Waals surface area contributed by atoms with E-state index in [4.69, 9.17) is 75.5 Å². The monoisotopic (exact) mass is 1470 g/mol. The van der Waals surface area contributed by atoms with Gasteiger partial charge in [-0.15, -0.1) is 0 Å². The van der Waals surface area contributed by atoms with Crippen molar-refractivity contribution in [1.29, 1.82) is 0 Å². The van der Waals surface area contributed by atoms with Crippen molar-refractivity contribution in [3.05, 3.63) is 90.0 Å². The van der Waals surface area contributed by atoms with Gasteiger partial charge >= 0.3 is 0 Å². The van der Waals surface area contributed by atoms with E-state index in [0.717, 1.165) is 4.90 Å². The minimum atomic E-state index is -2.47. The lowest BCUT2D eigenvalue weighted by Gasteiger charge is -2.63. The zero-order valence-corrected chi connectivity index (χ0v) is 61.7. The van der Waals surface area contributed by atoms with Crippen molar-refractivity contribution < 1.29 is 118 Å². The van der Waals surface area contributed by atoms with E-state index in [9.17, 15) is 29.1 Å². The third-order valence-corrected chi connectivity index (χ3v) is 24.8. The maximum atomic E-state index is 18.1. The molecule has 29 heteroatoms. The first-order valence-corrected chi connectivity index (χ1v) is 38.7. The number of hydrogen-bond donors (Lipinski definition) is 3. The smallest absolute Gasteiger partial charge is 0.253 e. The summed E-state index contributed by atoms with van der Waals surface area (Å²) in [5.41, 5.74) is -5.58. The minimum Gasteiger partial charge on any atom is -0.457 e. The molecule has 3 N–H and O–H groups in total. The van der Waals surface area contributed by atoms with Crippen LogP contribution in [0.15, 0.2) is 84.5 Å². The lowest BCUT2D eigenvalue weighted by atomic mass is 9.44. The molecule has 2 aliphatic heterocycles. The van der Waals surface area contributed by atoms with Gasteiger partial charge in [0.25, 0.3) is 11.8 Å². The number of ether oxygens (including phenoxy) is 15. The Labute approximate surface area is 603 Å². The highest BCUT2D eigenvalue weighted by atomic mass is 28.4. The van der Waals surface area contributed by atoms with Crippen LogP contribution in [-0.2, 0) is 99.5 Å². The molecule has 8 rings (SSSR count). The summed E-state index contributed by atoms with van der Waals surface area (Å²) in [5, 5.41) is 17.5. The van der Waals surface area contributed by atoms with Crippen LogP contribution >= 0.6 is 0 Å². The van der Waals surface area contributed by atoms with E-state index < -0.39 is 84.5 Å². The van der Waals surface area contributed by atoms with Crippen molar-refractivity contribution in [2.24, 2.45) is 22.7 Å². The molecule has 4 fully saturated rings. The summed E-state index contributed by atoms with van der Waals surface area (Å²) >= 11 is 0. The molecule has 2 heterocycles. The summed E-state index contributed by atoms with van der Waals surface area (Å²) < 4.78 is 127. The summed E-state index contributed by atoms with van der Waals surface area (Å²) in [5.74, 6) is -2.74. The molecule has 3 saturated carbocycles. The number of ketones is 2. The van der Waals surface area contributed by atoms with Gasteiger partial charge in [0, 0.05) is 59.7 Å². The average Bonchev–Trinajstić information content (AvgIpc) is 1.55. The number of Topliss-reactive ketones (excluding diaryl/α,β-unsaturated/α-hetero) is 1. The highest BCUT2D eigenvalue weighted by Crippen LogP contribution is 2.73. The zero-order valence-electron chi connectivity index (χ0n) is 60.7. The van der Waals surface area contributed by atoms with Crippen LogP contribution in [0.5, 0.6) is 11.5 Å². The van der Waals surface area contributed by atoms with E-state index in [-0.39, 0.29) is 80.1 Å². The number of anilines is 1. The molecular formula is C74H107F2N3O23Si. The summed E-state index contributed by atoms with van der Waals surface area (Å²) in [4.78, 5) is 76.2. The Morgan fingerprint density at radius 1 is 0.612 bits per heavy atom. The molecule has 26 nitrogen and oxygen atoms in total. The molecule has 4 aliphatic carbocycles. The first-order valence-electron chi connectivity index (χ1n) is 35.8. The quantitative estimate of drug-likeness (QED) is 0.0338. The summed E-state index contributed by atoms with van der Waals surface area (Å²) in [7, 11) is -2.47. The van der Waals surface area contributed by atoms with Gasteiger partial charge in [0.1, 0.15) is 17.7 Å². The Kier molecular flexibility index (Phi) is 32.5. The Morgan fingerprint density at radius 3 is 1.54 bits per heavy atom. The molecule has 0 spiro atoms. The number of fused-ring (bicyclic) bond motifs is 7. The zero-order chi connectivity index (χ0) is 73.9. The largest absolute Gasteiger partial charge is 0.457 e. The van der Waals surface area contributed by atoms with Gasteiger partial charge in [-0.2, -0.15) is 0 Å². The van der Waals surface area contributed by atoms with Gasteiger partial charge < -0.3 is 91.2 Å². The van der Waals surface area contributed by atoms with Gasteiger partial charge in [-0.25, -0.2) is 8.78 Å². The number of halogens is 2. The number of rotatable bonds is 50. The molecule has 10 atom stereocenters. The number of nitrogens with zero attached hydrogens (tertiary/aromatic N) is 1. The van der Waals surface area contributed by atoms with Crippen LogP contribution < -0.4 is 15.4 Å². The van der Waals surface area contributed by atoms with Crippen molar-refractivity contribution >= 4 is 49.2 Å². The first-order chi connectivity index (χ1) is 49.4. The van der Waals surface area contributed by atoms with Gasteiger partial charge in [-0.3, -0.25) is 33.7 Å². The lowest BCUT2D eigenvalue weighted by molar-refractivity contribution is -0.235. The molecule has 0 radical (unpaired) electrons. The number of aliphatic hydroxyl groups is 1. The summed E-state index contributed by atoms with van der Waals surface area (Å²) in [6.07, 6.45) is 0.959. The number of carbonyl (C=O) groups is 6. The molecule has 0 aromatic heterocycles. The van der Waals surface area contributed by atoms with Crippen molar-refractivity contribution in [2.45, 2.75) is 121 Å². The van der Waals surface area contributed by atoms with E-state index in [2.05, 4.69) is 44.5 Å². The minimum absolute atomic E-state index is 0.0288. The average molecular weight is 1470 g/mol. The van der Waals surface area contributed by atoms with Gasteiger partial charge in [-0.05, 0) is 104 Å². The van der Waals surface area contributed by atoms with Crippen LogP contribution in [-0.4, -0.2) is 261 Å². The second-order valence-corrected chi connectivity index (χ2v) is 32.8. The Balaban J connectivity index is 0.577. The topological polar surface area (TPSA) is 298 Å². The van der Waals surface area contributed by atoms with Crippen molar-refractivity contribution in [3.63, 3.8) is 0 Å². The third-order valence-electron chi connectivity index (χ3n) is 20.3. The standard InChI is InChI=1S/C74H107F2N3O23Si/c1-70(2,3)103(6,7)99-52-63(82)74-64(50-58-59-49-61(75)60-48-55(80)18-21-71(60,4)73(59,76)62(81)51-72(58,74)5)101-69(102-74)53-8-12-56(13-9-53)100-57-14-10-54(11-15-57)78-66(84)20-24-87-26-28-89-30-32-91-34-36-93-38-40-95-42-44-97-46-47-98-45-43-96-41-39-94-37-35-92-33-31-90-29-27-88-25-22-77-65(83)19-23-79-67(85)16-17-68(79)86/h8-18,21,48,58-59,61-62,64,69,81H,19-20,22-47,49-52H2,1-7H3,(H,77,83)(H,78,84)/t58-,59-,61-,62-,64+,69?,71-,72-,73-,74+/m0/s1. The number of amides is 4. The van der Waals surface area contributed by atoms with E-state index in [0.29, 0.717) is 181 Å². The lowest BCUT2D eigenvalue weighted by Crippen LogP contribution is -2.71. The van der Waals surface area contributed by atoms with Gasteiger partial charge in [-0.1, -0.05) is 45.9 Å². The van der Waals surface area contributed by atoms with E-state index in [1.165, 1.54) is 30.4 Å². The van der Waals surface area contributed by atoms with E-state index in [1.807, 2.05) is 6.92 Å². The first kappa shape index (κ1) is 83.0. The number of hydrogen-bond acceptors (Lipinski definition) is 23. The Morgan fingerprint density at radius 2 is 1.07 bits per heavy atom. The summed E-state index contributed by atoms with van der Waals surface area (Å²) in [6, 6.07) is 14.0. The maximum absolute atomic E-state index is 18.1. The van der Waals surface area contributed by atoms with Crippen LogP contribution in [0.3, 0.4) is 0 Å².